The van der Waals surface area contributed by atoms with Crippen molar-refractivity contribution >= 4 is 27.7 Å². The number of nitrogens with one attached hydrogen (secondary N) is 1. The van der Waals surface area contributed by atoms with Crippen molar-refractivity contribution in [3.63, 3.8) is 0 Å². The average molecular weight is 458 g/mol. The molecule has 1 aromatic carbocycles. The van der Waals surface area contributed by atoms with Crippen molar-refractivity contribution in [3.8, 4) is 0 Å². The number of fused-ring (bicyclic) bond motifs is 1. The van der Waals surface area contributed by atoms with E-state index in [0.29, 0.717) is 0 Å². The zero-order valence-electron chi connectivity index (χ0n) is 17.4. The van der Waals surface area contributed by atoms with Crippen molar-refractivity contribution in [2.24, 2.45) is 11.8 Å². The minimum atomic E-state index is -3.12. The molecule has 3 fully saturated rings. The minimum Gasteiger partial charge on any atom is -0.444 e. The van der Waals surface area contributed by atoms with Gasteiger partial charge < -0.3 is 14.8 Å². The van der Waals surface area contributed by atoms with Crippen LogP contribution < -0.4 is 10.2 Å². The lowest BCUT2D eigenvalue weighted by Crippen LogP contribution is -2.38. The molecule has 2 amide bonds. The fraction of sp³-hybridized carbons (Fsp3) is 0.600. The Kier molecular flexibility index (Phi) is 5.14. The first-order valence-electron chi connectivity index (χ1n) is 9.99. The number of cyclic esters (lactones) is 1. The van der Waals surface area contributed by atoms with E-state index in [4.69, 9.17) is 9.47 Å². The fourth-order valence-electron chi connectivity index (χ4n) is 4.38. The van der Waals surface area contributed by atoms with Gasteiger partial charge in [-0.05, 0) is 50.7 Å². The lowest BCUT2D eigenvalue weighted by molar-refractivity contribution is 0.0496. The summed E-state index contributed by atoms with van der Waals surface area (Å²) in [6, 6.07) is 2.12. The van der Waals surface area contributed by atoms with E-state index in [1.165, 1.54) is 0 Å². The van der Waals surface area contributed by atoms with Crippen LogP contribution in [-0.2, 0) is 19.3 Å². The van der Waals surface area contributed by atoms with E-state index in [-0.39, 0.29) is 47.7 Å². The topological polar surface area (TPSA) is 102 Å². The van der Waals surface area contributed by atoms with Crippen LogP contribution >= 0.6 is 0 Å². The van der Waals surface area contributed by atoms with E-state index in [1.807, 2.05) is 0 Å². The quantitative estimate of drug-likeness (QED) is 0.744. The number of benzene rings is 1. The molecule has 3 aliphatic rings. The highest BCUT2D eigenvalue weighted by Gasteiger charge is 2.60. The molecular weight excluding hydrogens is 434 g/mol. The zero-order chi connectivity index (χ0) is 22.7. The highest BCUT2D eigenvalue weighted by Crippen LogP contribution is 2.60. The molecule has 0 spiro atoms. The summed E-state index contributed by atoms with van der Waals surface area (Å²) in [5.41, 5.74) is -0.796. The minimum absolute atomic E-state index is 0.000218. The summed E-state index contributed by atoms with van der Waals surface area (Å²) in [6.45, 7) is 5.12. The standard InChI is InChI=1S/C20H24F2N2O6S/c1-20(2,3)30-18(25)23-6-11-7-24(19(26)29-11)10-4-14(21)17(15(22)5-10)16-12-8-31(27,28)9-13(12)16/h4-5,11-13,16H,6-9H2,1-3H3,(H,23,25)/t11-,12-,13+,16?/m0/s1. The summed E-state index contributed by atoms with van der Waals surface area (Å²) in [5, 5.41) is 2.50. The number of ether oxygens (including phenoxy) is 2. The van der Waals surface area contributed by atoms with Gasteiger partial charge >= 0.3 is 12.2 Å². The second-order valence-corrected chi connectivity index (χ2v) is 11.4. The number of anilines is 1. The summed E-state index contributed by atoms with van der Waals surface area (Å²) in [4.78, 5) is 25.0. The maximum absolute atomic E-state index is 14.7. The molecule has 8 nitrogen and oxygen atoms in total. The summed E-state index contributed by atoms with van der Waals surface area (Å²) < 4.78 is 63.0. The van der Waals surface area contributed by atoms with Crippen molar-refractivity contribution in [2.45, 2.75) is 38.4 Å². The number of carbonyl (C=O) groups excluding carboxylic acids is 2. The molecule has 1 aliphatic carbocycles. The first-order valence-corrected chi connectivity index (χ1v) is 11.8. The molecule has 4 atom stereocenters. The Morgan fingerprint density at radius 3 is 2.35 bits per heavy atom. The zero-order valence-corrected chi connectivity index (χ0v) is 18.2. The lowest BCUT2D eigenvalue weighted by Gasteiger charge is -2.20. The number of amides is 2. The van der Waals surface area contributed by atoms with Gasteiger partial charge in [-0.3, -0.25) is 4.90 Å². The molecule has 170 valence electrons. The number of nitrogens with zero attached hydrogens (tertiary/aromatic N) is 1. The second kappa shape index (κ2) is 7.32. The van der Waals surface area contributed by atoms with E-state index < -0.39 is 51.3 Å². The van der Waals surface area contributed by atoms with Gasteiger partial charge in [0.25, 0.3) is 0 Å². The first-order chi connectivity index (χ1) is 14.3. The SMILES string of the molecule is CC(C)(C)OC(=O)NC[C@H]1CN(c2cc(F)c(C3[C@H]4CS(=O)(=O)C[C@@H]34)c(F)c2)C(=O)O1. The molecule has 1 unspecified atom stereocenters. The second-order valence-electron chi connectivity index (χ2n) is 9.25. The Bertz CT molecular complexity index is 998. The Labute approximate surface area is 178 Å². The molecule has 1 N–H and O–H groups in total. The third-order valence-corrected chi connectivity index (χ3v) is 7.47. The van der Waals surface area contributed by atoms with Crippen LogP contribution in [0.4, 0.5) is 24.1 Å². The van der Waals surface area contributed by atoms with Crippen LogP contribution in [0.1, 0.15) is 32.3 Å². The molecule has 0 radical (unpaired) electrons. The van der Waals surface area contributed by atoms with Crippen molar-refractivity contribution in [1.82, 2.24) is 5.32 Å². The van der Waals surface area contributed by atoms with Gasteiger partial charge in [0.15, 0.2) is 9.84 Å². The predicted octanol–water partition coefficient (Wildman–Crippen LogP) is 2.57. The third-order valence-electron chi connectivity index (χ3n) is 5.68. The van der Waals surface area contributed by atoms with Crippen molar-refractivity contribution in [1.29, 1.82) is 0 Å². The molecule has 4 rings (SSSR count). The average Bonchev–Trinajstić information content (AvgIpc) is 2.96. The van der Waals surface area contributed by atoms with Gasteiger partial charge in [0.2, 0.25) is 0 Å². The monoisotopic (exact) mass is 458 g/mol. The van der Waals surface area contributed by atoms with Crippen molar-refractivity contribution < 1.29 is 36.3 Å². The maximum atomic E-state index is 14.7. The number of alkyl carbamates (subject to hydrolysis) is 1. The molecule has 2 heterocycles. The van der Waals surface area contributed by atoms with Gasteiger partial charge in [0, 0.05) is 5.56 Å². The van der Waals surface area contributed by atoms with Gasteiger partial charge in [0.1, 0.15) is 23.3 Å². The largest absolute Gasteiger partial charge is 0.444 e. The van der Waals surface area contributed by atoms with Gasteiger partial charge in [-0.1, -0.05) is 0 Å². The van der Waals surface area contributed by atoms with Gasteiger partial charge in [-0.15, -0.1) is 0 Å². The highest BCUT2D eigenvalue weighted by atomic mass is 32.2. The maximum Gasteiger partial charge on any atom is 0.414 e. The van der Waals surface area contributed by atoms with E-state index in [1.54, 1.807) is 20.8 Å². The number of halogens is 2. The molecule has 2 aliphatic heterocycles. The number of rotatable bonds is 4. The number of carbonyl (C=O) groups is 2. The molecule has 2 saturated heterocycles. The molecule has 0 bridgehead atoms. The van der Waals surface area contributed by atoms with Gasteiger partial charge in [-0.2, -0.15) is 0 Å². The summed E-state index contributed by atoms with van der Waals surface area (Å²) in [7, 11) is -3.12. The van der Waals surface area contributed by atoms with Crippen molar-refractivity contribution in [3.05, 3.63) is 29.3 Å². The lowest BCUT2D eigenvalue weighted by atomic mass is 10.1. The number of hydrogen-bond donors (Lipinski definition) is 1. The molecule has 1 aromatic rings. The van der Waals surface area contributed by atoms with Gasteiger partial charge in [0.05, 0.1) is 30.3 Å². The highest BCUT2D eigenvalue weighted by molar-refractivity contribution is 7.91. The van der Waals surface area contributed by atoms with Crippen LogP contribution in [0.2, 0.25) is 0 Å². The summed E-state index contributed by atoms with van der Waals surface area (Å²) in [5.74, 6) is -2.67. The van der Waals surface area contributed by atoms with E-state index >= 15 is 0 Å². The Morgan fingerprint density at radius 2 is 1.81 bits per heavy atom. The molecule has 31 heavy (non-hydrogen) atoms. The molecule has 1 saturated carbocycles. The van der Waals surface area contributed by atoms with Crippen LogP contribution in [-0.4, -0.2) is 56.9 Å². The molecule has 11 heteroatoms. The van der Waals surface area contributed by atoms with Crippen molar-refractivity contribution in [2.75, 3.05) is 29.5 Å². The van der Waals surface area contributed by atoms with Crippen LogP contribution in [0.25, 0.3) is 0 Å². The fourth-order valence-corrected chi connectivity index (χ4v) is 6.60. The van der Waals surface area contributed by atoms with Crippen LogP contribution in [0.5, 0.6) is 0 Å². The molecule has 0 aromatic heterocycles. The number of sulfone groups is 1. The van der Waals surface area contributed by atoms with E-state index in [0.717, 1.165) is 17.0 Å². The van der Waals surface area contributed by atoms with Crippen LogP contribution in [0.3, 0.4) is 0 Å². The molecular formula is C20H24F2N2O6S. The van der Waals surface area contributed by atoms with E-state index in [2.05, 4.69) is 5.32 Å². The summed E-state index contributed by atoms with van der Waals surface area (Å²) >= 11 is 0. The van der Waals surface area contributed by atoms with Crippen LogP contribution in [0.15, 0.2) is 12.1 Å². The third kappa shape index (κ3) is 4.46. The number of hydrogen-bond acceptors (Lipinski definition) is 6. The smallest absolute Gasteiger partial charge is 0.414 e. The van der Waals surface area contributed by atoms with Crippen LogP contribution in [0, 0.1) is 23.5 Å². The summed E-state index contributed by atoms with van der Waals surface area (Å²) in [6.07, 6.45) is -2.16. The van der Waals surface area contributed by atoms with E-state index in [9.17, 15) is 26.8 Å². The normalized spacial score (nSPS) is 28.8. The van der Waals surface area contributed by atoms with Gasteiger partial charge in [-0.25, -0.2) is 26.8 Å². The first kappa shape index (κ1) is 21.8. The predicted molar refractivity (Wildman–Crippen MR) is 107 cm³/mol. The Balaban J connectivity index is 1.41. The Hall–Kier alpha value is -2.43. The Morgan fingerprint density at radius 1 is 1.23 bits per heavy atom.